The second-order valence-corrected chi connectivity index (χ2v) is 9.69. The molecule has 8 atom stereocenters. The molecule has 0 heterocycles. The molecule has 29 heavy (non-hydrogen) atoms. The molecule has 4 aliphatic rings. The Morgan fingerprint density at radius 1 is 0.931 bits per heavy atom. The fourth-order valence-corrected chi connectivity index (χ4v) is 7.62. The van der Waals surface area contributed by atoms with Crippen molar-refractivity contribution < 1.29 is 36.6 Å². The molecule has 0 aromatic carbocycles. The predicted molar refractivity (Wildman–Crippen MR) is 93.0 cm³/mol. The Balaban J connectivity index is 1.66. The largest absolute Gasteiger partial charge is 0.453 e. The summed E-state index contributed by atoms with van der Waals surface area (Å²) in [5.74, 6) is -8.30. The molecule has 0 aromatic heterocycles. The summed E-state index contributed by atoms with van der Waals surface area (Å²) < 4.78 is 68.2. The van der Waals surface area contributed by atoms with E-state index in [2.05, 4.69) is 0 Å². The van der Waals surface area contributed by atoms with Crippen molar-refractivity contribution in [2.24, 2.45) is 40.9 Å². The van der Waals surface area contributed by atoms with Crippen LogP contribution in [0, 0.1) is 40.9 Å². The lowest BCUT2D eigenvalue weighted by atomic mass is 9.47. The number of alkyl halides is 5. The van der Waals surface area contributed by atoms with Gasteiger partial charge in [-0.25, -0.2) is 0 Å². The maximum absolute atomic E-state index is 14.4. The lowest BCUT2D eigenvalue weighted by molar-refractivity contribution is -0.324. The van der Waals surface area contributed by atoms with Gasteiger partial charge >= 0.3 is 12.1 Å². The minimum Gasteiger partial charge on any atom is -0.393 e. The lowest BCUT2D eigenvalue weighted by Gasteiger charge is -2.58. The first-order valence-corrected chi connectivity index (χ1v) is 10.6. The number of hydrogen-bond acceptors (Lipinski definition) is 3. The molecule has 0 saturated heterocycles. The summed E-state index contributed by atoms with van der Waals surface area (Å²) in [5.41, 5.74) is -1.46. The first-order valence-electron chi connectivity index (χ1n) is 10.6. The van der Waals surface area contributed by atoms with Crippen molar-refractivity contribution >= 4 is 11.6 Å². The van der Waals surface area contributed by atoms with Gasteiger partial charge in [0.15, 0.2) is 5.78 Å². The molecule has 0 aromatic rings. The Morgan fingerprint density at radius 2 is 1.62 bits per heavy atom. The van der Waals surface area contributed by atoms with Crippen molar-refractivity contribution in [1.82, 2.24) is 0 Å². The third-order valence-corrected chi connectivity index (χ3v) is 8.96. The van der Waals surface area contributed by atoms with Crippen LogP contribution in [0.15, 0.2) is 0 Å². The van der Waals surface area contributed by atoms with Crippen molar-refractivity contribution in [3.8, 4) is 0 Å². The van der Waals surface area contributed by atoms with Crippen LogP contribution in [0.2, 0.25) is 0 Å². The molecule has 0 spiro atoms. The van der Waals surface area contributed by atoms with E-state index >= 15 is 0 Å². The highest BCUT2D eigenvalue weighted by molar-refractivity contribution is 6.38. The monoisotopic (exact) mass is 422 g/mol. The van der Waals surface area contributed by atoms with Crippen molar-refractivity contribution in [1.29, 1.82) is 0 Å². The number of ketones is 2. The second kappa shape index (κ2) is 6.72. The first kappa shape index (κ1) is 21.2. The molecular weight excluding hydrogens is 395 g/mol. The van der Waals surface area contributed by atoms with Gasteiger partial charge < -0.3 is 5.11 Å². The molecule has 3 unspecified atom stereocenters. The zero-order chi connectivity index (χ0) is 21.4. The number of Topliss-reactive ketones (excluding diaryl/α,β-unsaturated/α-hetero) is 2. The van der Waals surface area contributed by atoms with E-state index in [1.54, 1.807) is 0 Å². The van der Waals surface area contributed by atoms with E-state index in [1.165, 1.54) is 0 Å². The average Bonchev–Trinajstić information content (AvgIpc) is 3.00. The SMILES string of the molecule is CC(C12CC[C@H]3[C@@H](CCC4C(=O)C(=O)CC[C@@H]43)[C@@H]1CC[C@@H]2O)C(F)(F)C(F)(F)F. The smallest absolute Gasteiger partial charge is 0.393 e. The highest BCUT2D eigenvalue weighted by Gasteiger charge is 2.71. The van der Waals surface area contributed by atoms with E-state index in [0.29, 0.717) is 32.1 Å². The number of halogens is 5. The van der Waals surface area contributed by atoms with Gasteiger partial charge in [0.25, 0.3) is 0 Å². The van der Waals surface area contributed by atoms with Crippen LogP contribution in [0.25, 0.3) is 0 Å². The molecule has 0 aliphatic heterocycles. The number of rotatable bonds is 2. The molecular formula is C21H27F5O3. The molecule has 1 N–H and O–H groups in total. The van der Waals surface area contributed by atoms with Crippen LogP contribution in [-0.4, -0.2) is 34.9 Å². The van der Waals surface area contributed by atoms with Gasteiger partial charge in [0.2, 0.25) is 5.78 Å². The van der Waals surface area contributed by atoms with Crippen LogP contribution in [0.4, 0.5) is 22.0 Å². The molecule has 0 bridgehead atoms. The van der Waals surface area contributed by atoms with Crippen molar-refractivity contribution in [2.45, 2.75) is 76.5 Å². The summed E-state index contributed by atoms with van der Waals surface area (Å²) in [5, 5.41) is 10.7. The summed E-state index contributed by atoms with van der Waals surface area (Å²) in [4.78, 5) is 24.1. The van der Waals surface area contributed by atoms with Gasteiger partial charge in [-0.3, -0.25) is 9.59 Å². The number of hydrogen-bond donors (Lipinski definition) is 1. The number of fused-ring (bicyclic) bond motifs is 5. The topological polar surface area (TPSA) is 54.4 Å². The number of aliphatic hydroxyl groups excluding tert-OH is 1. The first-order chi connectivity index (χ1) is 13.4. The summed E-state index contributed by atoms with van der Waals surface area (Å²) >= 11 is 0. The molecule has 0 amide bonds. The Hall–Kier alpha value is -1.05. The minimum atomic E-state index is -5.65. The van der Waals surface area contributed by atoms with E-state index in [9.17, 15) is 36.6 Å². The Bertz CT molecular complexity index is 705. The summed E-state index contributed by atoms with van der Waals surface area (Å²) in [6.07, 6.45) is -3.79. The summed E-state index contributed by atoms with van der Waals surface area (Å²) in [7, 11) is 0. The van der Waals surface area contributed by atoms with E-state index in [-0.39, 0.29) is 54.5 Å². The van der Waals surface area contributed by atoms with E-state index in [4.69, 9.17) is 0 Å². The maximum Gasteiger partial charge on any atom is 0.453 e. The van der Waals surface area contributed by atoms with Gasteiger partial charge in [-0.1, -0.05) is 6.92 Å². The van der Waals surface area contributed by atoms with Gasteiger partial charge in [-0.05, 0) is 68.6 Å². The van der Waals surface area contributed by atoms with Crippen molar-refractivity contribution in [3.63, 3.8) is 0 Å². The summed E-state index contributed by atoms with van der Waals surface area (Å²) in [6.45, 7) is 0.948. The molecule has 3 nitrogen and oxygen atoms in total. The third-order valence-electron chi connectivity index (χ3n) is 8.96. The molecule has 0 radical (unpaired) electrons. The van der Waals surface area contributed by atoms with E-state index in [0.717, 1.165) is 6.92 Å². The lowest BCUT2D eigenvalue weighted by Crippen LogP contribution is -2.59. The van der Waals surface area contributed by atoms with E-state index < -0.39 is 35.5 Å². The number of aliphatic hydroxyl groups is 1. The maximum atomic E-state index is 14.4. The zero-order valence-electron chi connectivity index (χ0n) is 16.4. The van der Waals surface area contributed by atoms with Crippen molar-refractivity contribution in [2.75, 3.05) is 0 Å². The Labute approximate surface area is 166 Å². The number of carbonyl (C=O) groups is 2. The fraction of sp³-hybridized carbons (Fsp3) is 0.905. The third kappa shape index (κ3) is 2.83. The van der Waals surface area contributed by atoms with Crippen LogP contribution < -0.4 is 0 Å². The van der Waals surface area contributed by atoms with Gasteiger partial charge in [0.05, 0.1) is 6.10 Å². The predicted octanol–water partition coefficient (Wildman–Crippen LogP) is 4.56. The number of carbonyl (C=O) groups excluding carboxylic acids is 2. The van der Waals surface area contributed by atoms with Gasteiger partial charge in [0, 0.05) is 23.7 Å². The average molecular weight is 422 g/mol. The highest BCUT2D eigenvalue weighted by atomic mass is 19.4. The Kier molecular flexibility index (Phi) is 4.91. The second-order valence-electron chi connectivity index (χ2n) is 9.69. The Morgan fingerprint density at radius 3 is 2.28 bits per heavy atom. The van der Waals surface area contributed by atoms with Gasteiger partial charge in [0.1, 0.15) is 0 Å². The van der Waals surface area contributed by atoms with Crippen LogP contribution in [-0.2, 0) is 9.59 Å². The molecule has 8 heteroatoms. The molecule has 164 valence electrons. The van der Waals surface area contributed by atoms with Gasteiger partial charge in [-0.2, -0.15) is 22.0 Å². The van der Waals surface area contributed by atoms with E-state index in [1.807, 2.05) is 0 Å². The normalized spacial score (nSPS) is 44.1. The van der Waals surface area contributed by atoms with Crippen LogP contribution in [0.5, 0.6) is 0 Å². The highest BCUT2D eigenvalue weighted by Crippen LogP contribution is 2.67. The van der Waals surface area contributed by atoms with Crippen LogP contribution in [0.1, 0.15) is 58.3 Å². The molecule has 4 saturated carbocycles. The summed E-state index contributed by atoms with van der Waals surface area (Å²) in [6, 6.07) is 0. The zero-order valence-corrected chi connectivity index (χ0v) is 16.4. The van der Waals surface area contributed by atoms with Gasteiger partial charge in [-0.15, -0.1) is 0 Å². The quantitative estimate of drug-likeness (QED) is 0.524. The fourth-order valence-electron chi connectivity index (χ4n) is 7.62. The molecule has 4 fully saturated rings. The van der Waals surface area contributed by atoms with Crippen LogP contribution >= 0.6 is 0 Å². The van der Waals surface area contributed by atoms with Crippen LogP contribution in [0.3, 0.4) is 0 Å². The standard InChI is InChI=1S/C21H27F5O3/c1-10(20(22,23)21(24,25)26)19-9-8-12-11-4-6-16(27)18(29)14(11)3-2-13(12)15(19)5-7-17(19)28/h10-15,17,28H,2-9H2,1H3/t10?,11-,12-,13-,14?,15+,17+,19?/m1/s1. The van der Waals surface area contributed by atoms with Crippen molar-refractivity contribution in [3.05, 3.63) is 0 Å². The molecule has 4 rings (SSSR count). The minimum absolute atomic E-state index is 0.00752. The molecule has 4 aliphatic carbocycles.